The van der Waals surface area contributed by atoms with Crippen molar-refractivity contribution in [3.05, 3.63) is 35.1 Å². The number of hydrogen-bond acceptors (Lipinski definition) is 2. The van der Waals surface area contributed by atoms with E-state index in [0.29, 0.717) is 0 Å². The molecule has 0 aromatic heterocycles. The van der Waals surface area contributed by atoms with E-state index in [0.717, 1.165) is 41.7 Å². The highest BCUT2D eigenvalue weighted by Gasteiger charge is 2.39. The highest BCUT2D eigenvalue weighted by atomic mass is 19.1. The molecule has 0 heterocycles. The molecule has 1 aromatic carbocycles. The molecule has 1 aromatic rings. The van der Waals surface area contributed by atoms with Crippen molar-refractivity contribution in [2.45, 2.75) is 51.5 Å². The Bertz CT molecular complexity index is 474. The molecule has 0 aliphatic heterocycles. The van der Waals surface area contributed by atoms with Crippen LogP contribution in [0.3, 0.4) is 0 Å². The normalized spacial score (nSPS) is 29.9. The van der Waals surface area contributed by atoms with Gasteiger partial charge in [-0.1, -0.05) is 12.5 Å². The molecule has 2 saturated carbocycles. The van der Waals surface area contributed by atoms with Gasteiger partial charge in [-0.25, -0.2) is 4.39 Å². The second kappa shape index (κ2) is 5.82. The van der Waals surface area contributed by atoms with E-state index in [1.807, 2.05) is 13.0 Å². The predicted octanol–water partition coefficient (Wildman–Crippen LogP) is 3.33. The Morgan fingerprint density at radius 2 is 2.20 bits per heavy atom. The summed E-state index contributed by atoms with van der Waals surface area (Å²) in [5.74, 6) is 8.30. The summed E-state index contributed by atoms with van der Waals surface area (Å²) in [5, 5.41) is 0. The molecule has 4 unspecified atom stereocenters. The van der Waals surface area contributed by atoms with Crippen molar-refractivity contribution in [3.63, 3.8) is 0 Å². The van der Waals surface area contributed by atoms with E-state index in [-0.39, 0.29) is 11.9 Å². The third kappa shape index (κ3) is 2.89. The molecule has 2 nitrogen and oxygen atoms in total. The number of hydrogen-bond donors (Lipinski definition) is 2. The van der Waals surface area contributed by atoms with E-state index < -0.39 is 0 Å². The summed E-state index contributed by atoms with van der Waals surface area (Å²) in [6.45, 7) is 2.04. The van der Waals surface area contributed by atoms with Crippen LogP contribution in [0.2, 0.25) is 0 Å². The fourth-order valence-corrected chi connectivity index (χ4v) is 4.37. The molecule has 0 radical (unpaired) electrons. The first kappa shape index (κ1) is 14.0. The lowest BCUT2D eigenvalue weighted by Crippen LogP contribution is -2.39. The third-order valence-electron chi connectivity index (χ3n) is 5.49. The van der Waals surface area contributed by atoms with Crippen LogP contribution >= 0.6 is 0 Å². The van der Waals surface area contributed by atoms with Gasteiger partial charge in [-0.2, -0.15) is 0 Å². The highest BCUT2D eigenvalue weighted by molar-refractivity contribution is 5.27. The molecule has 3 heteroatoms. The van der Waals surface area contributed by atoms with Crippen LogP contribution in [-0.4, -0.2) is 6.04 Å². The standard InChI is InChI=1S/C17H25FN2/c1-11-2-5-16(18)8-14(11)9-17(20-19)10-15-7-12-3-4-13(15)6-12/h2,5,8,12-13,15,17,20H,3-4,6-7,9-10,19H2,1H3. The first-order valence-electron chi connectivity index (χ1n) is 7.87. The first-order valence-corrected chi connectivity index (χ1v) is 7.87. The largest absolute Gasteiger partial charge is 0.271 e. The van der Waals surface area contributed by atoms with Gasteiger partial charge in [-0.15, -0.1) is 0 Å². The van der Waals surface area contributed by atoms with Crippen LogP contribution in [0.15, 0.2) is 18.2 Å². The zero-order valence-electron chi connectivity index (χ0n) is 12.2. The van der Waals surface area contributed by atoms with Gasteiger partial charge in [0.05, 0.1) is 0 Å². The van der Waals surface area contributed by atoms with Crippen LogP contribution in [0.1, 0.15) is 43.2 Å². The van der Waals surface area contributed by atoms with Gasteiger partial charge in [-0.3, -0.25) is 11.3 Å². The lowest BCUT2D eigenvalue weighted by molar-refractivity contribution is 0.277. The van der Waals surface area contributed by atoms with E-state index in [2.05, 4.69) is 5.43 Å². The van der Waals surface area contributed by atoms with Gasteiger partial charge in [0.2, 0.25) is 0 Å². The lowest BCUT2D eigenvalue weighted by atomic mass is 9.83. The summed E-state index contributed by atoms with van der Waals surface area (Å²) < 4.78 is 13.4. The number of nitrogens with one attached hydrogen (secondary N) is 1. The molecule has 0 amide bonds. The second-order valence-electron chi connectivity index (χ2n) is 6.81. The Hall–Kier alpha value is -0.930. The van der Waals surface area contributed by atoms with E-state index in [1.54, 1.807) is 6.07 Å². The zero-order chi connectivity index (χ0) is 14.1. The van der Waals surface area contributed by atoms with Gasteiger partial charge in [0.1, 0.15) is 5.82 Å². The van der Waals surface area contributed by atoms with Crippen molar-refractivity contribution >= 4 is 0 Å². The second-order valence-corrected chi connectivity index (χ2v) is 6.81. The Kier molecular flexibility index (Phi) is 4.08. The zero-order valence-corrected chi connectivity index (χ0v) is 12.2. The summed E-state index contributed by atoms with van der Waals surface area (Å²) in [5.41, 5.74) is 5.19. The average Bonchev–Trinajstić information content (AvgIpc) is 3.04. The number of fused-ring (bicyclic) bond motifs is 2. The minimum absolute atomic E-state index is 0.152. The molecule has 2 aliphatic rings. The van der Waals surface area contributed by atoms with Crippen molar-refractivity contribution < 1.29 is 4.39 Å². The van der Waals surface area contributed by atoms with E-state index in [4.69, 9.17) is 5.84 Å². The Morgan fingerprint density at radius 3 is 2.85 bits per heavy atom. The fourth-order valence-electron chi connectivity index (χ4n) is 4.37. The number of nitrogens with two attached hydrogens (primary N) is 1. The van der Waals surface area contributed by atoms with Crippen molar-refractivity contribution in [1.29, 1.82) is 0 Å². The van der Waals surface area contributed by atoms with Gasteiger partial charge < -0.3 is 0 Å². The molecule has 2 bridgehead atoms. The monoisotopic (exact) mass is 276 g/mol. The fraction of sp³-hybridized carbons (Fsp3) is 0.647. The van der Waals surface area contributed by atoms with Gasteiger partial charge in [0, 0.05) is 6.04 Å². The first-order chi connectivity index (χ1) is 9.65. The van der Waals surface area contributed by atoms with Crippen LogP contribution < -0.4 is 11.3 Å². The van der Waals surface area contributed by atoms with Gasteiger partial charge in [-0.05, 0) is 80.0 Å². The quantitative estimate of drug-likeness (QED) is 0.639. The molecule has 2 fully saturated rings. The van der Waals surface area contributed by atoms with Crippen LogP contribution in [0.25, 0.3) is 0 Å². The number of hydrazine groups is 1. The Labute approximate surface area is 120 Å². The molecule has 4 atom stereocenters. The van der Waals surface area contributed by atoms with E-state index >= 15 is 0 Å². The van der Waals surface area contributed by atoms with Crippen LogP contribution in [0, 0.1) is 30.5 Å². The van der Waals surface area contributed by atoms with Gasteiger partial charge in [0.25, 0.3) is 0 Å². The maximum absolute atomic E-state index is 13.4. The number of rotatable bonds is 5. The summed E-state index contributed by atoms with van der Waals surface area (Å²) >= 11 is 0. The van der Waals surface area contributed by atoms with Crippen molar-refractivity contribution in [3.8, 4) is 0 Å². The Balaban J connectivity index is 1.63. The highest BCUT2D eigenvalue weighted by Crippen LogP contribution is 2.49. The summed E-state index contributed by atoms with van der Waals surface area (Å²) in [4.78, 5) is 0. The number of benzene rings is 1. The average molecular weight is 276 g/mol. The van der Waals surface area contributed by atoms with Crippen molar-refractivity contribution in [2.24, 2.45) is 23.6 Å². The molecule has 20 heavy (non-hydrogen) atoms. The maximum Gasteiger partial charge on any atom is 0.123 e. The number of aryl methyl sites for hydroxylation is 1. The molecule has 0 spiro atoms. The summed E-state index contributed by atoms with van der Waals surface area (Å²) in [6.07, 6.45) is 7.62. The molecular formula is C17H25FN2. The van der Waals surface area contributed by atoms with Gasteiger partial charge >= 0.3 is 0 Å². The molecule has 110 valence electrons. The lowest BCUT2D eigenvalue weighted by Gasteiger charge is -2.26. The topological polar surface area (TPSA) is 38.0 Å². The van der Waals surface area contributed by atoms with Crippen LogP contribution in [0.4, 0.5) is 4.39 Å². The molecule has 0 saturated heterocycles. The molecule has 3 rings (SSSR count). The minimum Gasteiger partial charge on any atom is -0.271 e. The Morgan fingerprint density at radius 1 is 1.35 bits per heavy atom. The smallest absolute Gasteiger partial charge is 0.123 e. The maximum atomic E-state index is 13.4. The SMILES string of the molecule is Cc1ccc(F)cc1CC(CC1CC2CCC1C2)NN. The van der Waals surface area contributed by atoms with Crippen molar-refractivity contribution in [2.75, 3.05) is 0 Å². The van der Waals surface area contributed by atoms with E-state index in [9.17, 15) is 4.39 Å². The van der Waals surface area contributed by atoms with Crippen molar-refractivity contribution in [1.82, 2.24) is 5.43 Å². The van der Waals surface area contributed by atoms with Crippen LogP contribution in [-0.2, 0) is 6.42 Å². The molecule has 2 aliphatic carbocycles. The minimum atomic E-state index is -0.152. The summed E-state index contributed by atoms with van der Waals surface area (Å²) in [6, 6.07) is 5.30. The number of halogens is 1. The van der Waals surface area contributed by atoms with Gasteiger partial charge in [0.15, 0.2) is 0 Å². The summed E-state index contributed by atoms with van der Waals surface area (Å²) in [7, 11) is 0. The van der Waals surface area contributed by atoms with Crippen LogP contribution in [0.5, 0.6) is 0 Å². The molecule has 3 N–H and O–H groups in total. The van der Waals surface area contributed by atoms with E-state index in [1.165, 1.54) is 31.7 Å². The third-order valence-corrected chi connectivity index (χ3v) is 5.49. The predicted molar refractivity (Wildman–Crippen MR) is 79.5 cm³/mol. The molecular weight excluding hydrogens is 251 g/mol.